The molecule has 1 aromatic heterocycles. The van der Waals surface area contributed by atoms with Crippen LogP contribution >= 0.6 is 34.8 Å². The van der Waals surface area contributed by atoms with Gasteiger partial charge in [-0.2, -0.15) is 0 Å². The molecule has 45 heavy (non-hydrogen) atoms. The maximum Gasteiger partial charge on any atom is 0.266 e. The van der Waals surface area contributed by atoms with Gasteiger partial charge in [-0.3, -0.25) is 14.4 Å². The minimum absolute atomic E-state index is 0.0339. The second-order valence-electron chi connectivity index (χ2n) is 11.0. The van der Waals surface area contributed by atoms with Crippen molar-refractivity contribution in [2.24, 2.45) is 11.7 Å². The maximum absolute atomic E-state index is 13.9. The Morgan fingerprint density at radius 1 is 1.00 bits per heavy atom. The Morgan fingerprint density at radius 3 is 2.49 bits per heavy atom. The number of carbonyl (C=O) groups is 3. The van der Waals surface area contributed by atoms with Gasteiger partial charge in [-0.25, -0.2) is 4.98 Å². The number of unbranched alkanes of at least 4 members (excludes halogenated alkanes) is 1. The van der Waals surface area contributed by atoms with Crippen LogP contribution in [0.5, 0.6) is 0 Å². The number of ketones is 1. The van der Waals surface area contributed by atoms with Gasteiger partial charge in [0, 0.05) is 28.2 Å². The molecule has 12 heteroatoms. The number of hydrogen-bond acceptors (Lipinski definition) is 7. The van der Waals surface area contributed by atoms with E-state index in [1.807, 2.05) is 12.1 Å². The highest BCUT2D eigenvalue weighted by molar-refractivity contribution is 6.35. The fourth-order valence-electron chi connectivity index (χ4n) is 5.29. The van der Waals surface area contributed by atoms with Crippen LogP contribution in [0.15, 0.2) is 71.1 Å². The minimum atomic E-state index is -0.897. The lowest BCUT2D eigenvalue weighted by molar-refractivity contribution is -0.130. The highest BCUT2D eigenvalue weighted by atomic mass is 35.5. The molecule has 1 aliphatic rings. The van der Waals surface area contributed by atoms with Crippen LogP contribution in [0.2, 0.25) is 15.1 Å². The van der Waals surface area contributed by atoms with Crippen molar-refractivity contribution in [1.82, 2.24) is 15.2 Å². The zero-order valence-electron chi connectivity index (χ0n) is 24.4. The quantitative estimate of drug-likeness (QED) is 0.134. The molecule has 0 bridgehead atoms. The lowest BCUT2D eigenvalue weighted by atomic mass is 10.0. The lowest BCUT2D eigenvalue weighted by Crippen LogP contribution is -2.47. The zero-order chi connectivity index (χ0) is 31.9. The summed E-state index contributed by atoms with van der Waals surface area (Å²) in [4.78, 5) is 46.8. The summed E-state index contributed by atoms with van der Waals surface area (Å²) in [7, 11) is 0. The van der Waals surface area contributed by atoms with Gasteiger partial charge >= 0.3 is 0 Å². The molecule has 0 spiro atoms. The monoisotopic (exact) mass is 670 g/mol. The first-order valence-electron chi connectivity index (χ1n) is 14.7. The van der Waals surface area contributed by atoms with Crippen molar-refractivity contribution >= 4 is 63.5 Å². The summed E-state index contributed by atoms with van der Waals surface area (Å²) in [6.07, 6.45) is 1.04. The van der Waals surface area contributed by atoms with E-state index in [1.54, 1.807) is 59.5 Å². The van der Waals surface area contributed by atoms with E-state index in [0.717, 1.165) is 5.56 Å². The van der Waals surface area contributed by atoms with E-state index in [4.69, 9.17) is 49.7 Å². The van der Waals surface area contributed by atoms with Crippen LogP contribution in [0, 0.1) is 5.92 Å². The smallest absolute Gasteiger partial charge is 0.266 e. The van der Waals surface area contributed by atoms with Gasteiger partial charge < -0.3 is 25.1 Å². The maximum atomic E-state index is 13.9. The van der Waals surface area contributed by atoms with Gasteiger partial charge in [-0.1, -0.05) is 65.1 Å². The zero-order valence-corrected chi connectivity index (χ0v) is 26.7. The number of benzene rings is 3. The van der Waals surface area contributed by atoms with Gasteiger partial charge in [-0.15, -0.1) is 0 Å². The van der Waals surface area contributed by atoms with Crippen LogP contribution < -0.4 is 11.1 Å². The van der Waals surface area contributed by atoms with Crippen molar-refractivity contribution in [3.05, 3.63) is 98.8 Å². The molecule has 1 fully saturated rings. The average molecular weight is 672 g/mol. The Morgan fingerprint density at radius 2 is 1.76 bits per heavy atom. The molecule has 0 unspecified atom stereocenters. The van der Waals surface area contributed by atoms with Crippen LogP contribution in [-0.4, -0.2) is 59.3 Å². The first-order valence-corrected chi connectivity index (χ1v) is 15.8. The molecule has 0 saturated carbocycles. The fourth-order valence-corrected chi connectivity index (χ4v) is 5.89. The summed E-state index contributed by atoms with van der Waals surface area (Å²) in [5.41, 5.74) is 8.22. The van der Waals surface area contributed by atoms with Gasteiger partial charge in [0.25, 0.3) is 5.89 Å². The number of amides is 2. The highest BCUT2D eigenvalue weighted by Gasteiger charge is 2.41. The van der Waals surface area contributed by atoms with Gasteiger partial charge in [0.1, 0.15) is 5.52 Å². The standard InChI is InChI=1S/C33H33Cl3N4O5/c34-22-11-8-20(9-12-22)19-44-29-18-40(30(41)15-21-10-13-23(35)16-25(21)36)17-24(29)32(43)38-27(6-3-4-14-37)31(42)33-39-26-5-1-2-7-28(26)45-33/h1-2,5,7-13,16,24,27,29H,3-4,6,14-15,17-19,37H2,(H,38,43)/t24-,27-,29-/m0/s1. The van der Waals surface area contributed by atoms with E-state index in [1.165, 1.54) is 0 Å². The van der Waals surface area contributed by atoms with Crippen LogP contribution in [0.25, 0.3) is 11.1 Å². The third-order valence-corrected chi connectivity index (χ3v) is 8.61. The summed E-state index contributed by atoms with van der Waals surface area (Å²) in [6, 6.07) is 18.3. The summed E-state index contributed by atoms with van der Waals surface area (Å²) >= 11 is 18.4. The normalized spacial score (nSPS) is 17.0. The number of likely N-dealkylation sites (tertiary alicyclic amines) is 1. The second-order valence-corrected chi connectivity index (χ2v) is 12.3. The second kappa shape index (κ2) is 15.2. The predicted octanol–water partition coefficient (Wildman–Crippen LogP) is 5.87. The number of nitrogens with one attached hydrogen (secondary N) is 1. The number of hydrogen-bond donors (Lipinski definition) is 2. The van der Waals surface area contributed by atoms with Crippen molar-refractivity contribution in [2.45, 2.75) is 44.4 Å². The molecule has 0 radical (unpaired) electrons. The Hall–Kier alpha value is -3.47. The number of nitrogens with zero attached hydrogens (tertiary/aromatic N) is 2. The largest absolute Gasteiger partial charge is 0.434 e. The molecule has 2 heterocycles. The molecule has 1 saturated heterocycles. The van der Waals surface area contributed by atoms with Crippen molar-refractivity contribution in [3.8, 4) is 0 Å². The molecule has 4 aromatic rings. The Bertz CT molecular complexity index is 1630. The van der Waals surface area contributed by atoms with Gasteiger partial charge in [0.15, 0.2) is 5.58 Å². The SMILES string of the molecule is NCCCC[C@H](NC(=O)[C@H]1CN(C(=O)Cc2ccc(Cl)cc2Cl)C[C@@H]1OCc1ccc(Cl)cc1)C(=O)c1nc2ccccc2o1. The Kier molecular flexibility index (Phi) is 11.1. The summed E-state index contributed by atoms with van der Waals surface area (Å²) in [5, 5.41) is 4.37. The molecule has 5 rings (SSSR count). The van der Waals surface area contributed by atoms with Crippen molar-refractivity contribution in [1.29, 1.82) is 0 Å². The molecule has 236 valence electrons. The third-order valence-electron chi connectivity index (χ3n) is 7.77. The molecule has 9 nitrogen and oxygen atoms in total. The van der Waals surface area contributed by atoms with E-state index >= 15 is 0 Å². The van der Waals surface area contributed by atoms with E-state index in [2.05, 4.69) is 10.3 Å². The molecule has 2 amide bonds. The predicted molar refractivity (Wildman–Crippen MR) is 173 cm³/mol. The third kappa shape index (κ3) is 8.42. The molecule has 0 aliphatic carbocycles. The van der Waals surface area contributed by atoms with Crippen LogP contribution in [0.1, 0.15) is 41.1 Å². The lowest BCUT2D eigenvalue weighted by Gasteiger charge is -2.22. The van der Waals surface area contributed by atoms with Crippen LogP contribution in [0.3, 0.4) is 0 Å². The number of rotatable bonds is 13. The fraction of sp³-hybridized carbons (Fsp3) is 0.333. The number of halogens is 3. The van der Waals surface area contributed by atoms with Gasteiger partial charge in [0.05, 0.1) is 31.1 Å². The summed E-state index contributed by atoms with van der Waals surface area (Å²) < 4.78 is 11.9. The minimum Gasteiger partial charge on any atom is -0.434 e. The topological polar surface area (TPSA) is 128 Å². The summed E-state index contributed by atoms with van der Waals surface area (Å²) in [6.45, 7) is 0.953. The van der Waals surface area contributed by atoms with E-state index < -0.39 is 29.8 Å². The molecule has 1 aliphatic heterocycles. The van der Waals surface area contributed by atoms with E-state index in [9.17, 15) is 14.4 Å². The van der Waals surface area contributed by atoms with E-state index in [-0.39, 0.29) is 37.9 Å². The number of para-hydroxylation sites is 2. The molecular weight excluding hydrogens is 639 g/mol. The van der Waals surface area contributed by atoms with Crippen LogP contribution in [0.4, 0.5) is 0 Å². The Labute approximate surface area is 276 Å². The Balaban J connectivity index is 1.34. The van der Waals surface area contributed by atoms with Crippen molar-refractivity contribution in [3.63, 3.8) is 0 Å². The van der Waals surface area contributed by atoms with Crippen LogP contribution in [-0.2, 0) is 27.4 Å². The van der Waals surface area contributed by atoms with Crippen molar-refractivity contribution < 1.29 is 23.5 Å². The number of ether oxygens (including phenoxy) is 1. The van der Waals surface area contributed by atoms with Gasteiger partial charge in [0.2, 0.25) is 17.6 Å². The van der Waals surface area contributed by atoms with Crippen molar-refractivity contribution in [2.75, 3.05) is 19.6 Å². The average Bonchev–Trinajstić information content (AvgIpc) is 3.66. The first-order chi connectivity index (χ1) is 21.7. The van der Waals surface area contributed by atoms with E-state index in [0.29, 0.717) is 57.5 Å². The molecule has 3 atom stereocenters. The molecule has 3 N–H and O–H groups in total. The molecule has 3 aromatic carbocycles. The number of carbonyl (C=O) groups excluding carboxylic acids is 3. The summed E-state index contributed by atoms with van der Waals surface area (Å²) in [5.74, 6) is -1.86. The number of fused-ring (bicyclic) bond motifs is 1. The number of oxazole rings is 1. The first kappa shape index (κ1) is 32.9. The van der Waals surface area contributed by atoms with Gasteiger partial charge in [-0.05, 0) is 73.3 Å². The number of Topliss-reactive ketones (excluding diaryl/α,β-unsaturated/α-hetero) is 1. The number of aromatic nitrogens is 1. The number of nitrogens with two attached hydrogens (primary N) is 1. The molecular formula is C33H33Cl3N4O5. The highest BCUT2D eigenvalue weighted by Crippen LogP contribution is 2.27.